The molecule has 8 heteroatoms. The summed E-state index contributed by atoms with van der Waals surface area (Å²) in [6, 6.07) is 1.71. The van der Waals surface area contributed by atoms with Crippen molar-refractivity contribution in [3.8, 4) is 5.75 Å². The maximum atomic E-state index is 12.2. The number of benzene rings is 1. The van der Waals surface area contributed by atoms with E-state index in [9.17, 15) is 26.3 Å². The van der Waals surface area contributed by atoms with Crippen molar-refractivity contribution in [2.75, 3.05) is 0 Å². The monoisotopic (exact) mass is 308 g/mol. The van der Waals surface area contributed by atoms with E-state index in [1.165, 1.54) is 0 Å². The first-order valence-corrected chi connectivity index (χ1v) is 4.51. The number of rotatable bonds is 1. The Morgan fingerprint density at radius 2 is 1.56 bits per heavy atom. The summed E-state index contributed by atoms with van der Waals surface area (Å²) in [6.07, 6.45) is -9.56. The van der Waals surface area contributed by atoms with Crippen molar-refractivity contribution in [1.29, 1.82) is 0 Å². The van der Waals surface area contributed by atoms with Gasteiger partial charge in [-0.25, -0.2) is 0 Å². The summed E-state index contributed by atoms with van der Waals surface area (Å²) in [6.45, 7) is 0. The first-order chi connectivity index (χ1) is 7.09. The second-order valence-corrected chi connectivity index (χ2v) is 3.54. The second kappa shape index (κ2) is 4.15. The van der Waals surface area contributed by atoms with E-state index in [2.05, 4.69) is 20.7 Å². The molecule has 0 atom stereocenters. The van der Waals surface area contributed by atoms with Crippen LogP contribution in [-0.2, 0) is 6.18 Å². The second-order valence-electron chi connectivity index (χ2n) is 2.69. The van der Waals surface area contributed by atoms with Crippen LogP contribution in [0, 0.1) is 0 Å². The highest BCUT2D eigenvalue weighted by molar-refractivity contribution is 9.10. The minimum absolute atomic E-state index is 0.505. The van der Waals surface area contributed by atoms with Crippen LogP contribution in [0.5, 0.6) is 5.75 Å². The van der Waals surface area contributed by atoms with Crippen LogP contribution < -0.4 is 4.74 Å². The molecule has 90 valence electrons. The SMILES string of the molecule is FC(F)(F)Oc1ccc(C(F)(F)F)c(Br)c1. The van der Waals surface area contributed by atoms with Crippen LogP contribution in [0.15, 0.2) is 22.7 Å². The first kappa shape index (κ1) is 13.1. The van der Waals surface area contributed by atoms with Crippen molar-refractivity contribution in [3.05, 3.63) is 28.2 Å². The standard InChI is InChI=1S/C8H3BrF6O/c9-6-3-4(16-8(13,14)15)1-2-5(6)7(10,11)12/h1-3H. The van der Waals surface area contributed by atoms with Crippen LogP contribution in [0.2, 0.25) is 0 Å². The van der Waals surface area contributed by atoms with Gasteiger partial charge in [-0.15, -0.1) is 13.2 Å². The molecular formula is C8H3BrF6O. The fraction of sp³-hybridized carbons (Fsp3) is 0.250. The third-order valence-electron chi connectivity index (χ3n) is 1.48. The number of alkyl halides is 6. The highest BCUT2D eigenvalue weighted by Gasteiger charge is 2.35. The fourth-order valence-corrected chi connectivity index (χ4v) is 1.51. The van der Waals surface area contributed by atoms with Gasteiger partial charge in [-0.2, -0.15) is 13.2 Å². The molecule has 0 saturated carbocycles. The molecule has 0 bridgehead atoms. The normalized spacial score (nSPS) is 12.7. The van der Waals surface area contributed by atoms with Crippen LogP contribution in [-0.4, -0.2) is 6.36 Å². The van der Waals surface area contributed by atoms with Gasteiger partial charge in [-0.1, -0.05) is 15.9 Å². The van der Waals surface area contributed by atoms with Crippen molar-refractivity contribution in [1.82, 2.24) is 0 Å². The van der Waals surface area contributed by atoms with Crippen molar-refractivity contribution < 1.29 is 31.1 Å². The summed E-state index contributed by atoms with van der Waals surface area (Å²) in [5.74, 6) is -0.715. The summed E-state index contributed by atoms with van der Waals surface area (Å²) in [5.41, 5.74) is -1.07. The molecule has 1 aromatic rings. The van der Waals surface area contributed by atoms with Gasteiger partial charge in [0.1, 0.15) is 5.75 Å². The molecule has 0 aliphatic carbocycles. The van der Waals surface area contributed by atoms with E-state index in [1.807, 2.05) is 0 Å². The number of ether oxygens (including phenoxy) is 1. The van der Waals surface area contributed by atoms with E-state index in [-0.39, 0.29) is 0 Å². The average Bonchev–Trinajstić information content (AvgIpc) is 1.97. The van der Waals surface area contributed by atoms with E-state index < -0.39 is 28.3 Å². The number of halogens is 7. The molecule has 0 aliphatic rings. The molecule has 0 amide bonds. The van der Waals surface area contributed by atoms with Crippen LogP contribution in [0.25, 0.3) is 0 Å². The topological polar surface area (TPSA) is 9.23 Å². The molecule has 16 heavy (non-hydrogen) atoms. The lowest BCUT2D eigenvalue weighted by Gasteiger charge is -2.12. The highest BCUT2D eigenvalue weighted by Crippen LogP contribution is 2.37. The van der Waals surface area contributed by atoms with Crippen molar-refractivity contribution >= 4 is 15.9 Å². The molecule has 1 rings (SSSR count). The minimum atomic E-state index is -4.93. The lowest BCUT2D eigenvalue weighted by Crippen LogP contribution is -2.17. The zero-order valence-corrected chi connectivity index (χ0v) is 8.87. The zero-order chi connectivity index (χ0) is 12.6. The van der Waals surface area contributed by atoms with E-state index >= 15 is 0 Å². The average molecular weight is 309 g/mol. The predicted octanol–water partition coefficient (Wildman–Crippen LogP) is 4.37. The fourth-order valence-electron chi connectivity index (χ4n) is 0.923. The van der Waals surface area contributed by atoms with Gasteiger partial charge < -0.3 is 4.74 Å². The number of hydrogen-bond acceptors (Lipinski definition) is 1. The molecule has 0 fully saturated rings. The molecule has 0 spiro atoms. The smallest absolute Gasteiger partial charge is 0.406 e. The van der Waals surface area contributed by atoms with Crippen LogP contribution in [0.1, 0.15) is 5.56 Å². The maximum Gasteiger partial charge on any atom is 0.573 e. The molecule has 0 N–H and O–H groups in total. The van der Waals surface area contributed by atoms with E-state index in [0.29, 0.717) is 18.2 Å². The molecule has 0 radical (unpaired) electrons. The van der Waals surface area contributed by atoms with E-state index in [1.54, 1.807) is 0 Å². The van der Waals surface area contributed by atoms with Crippen LogP contribution >= 0.6 is 15.9 Å². The quantitative estimate of drug-likeness (QED) is 0.700. The molecule has 1 aromatic carbocycles. The van der Waals surface area contributed by atoms with Crippen LogP contribution in [0.3, 0.4) is 0 Å². The lowest BCUT2D eigenvalue weighted by molar-refractivity contribution is -0.274. The molecule has 0 aromatic heterocycles. The Balaban J connectivity index is 3.01. The summed E-state index contributed by atoms with van der Waals surface area (Å²) in [4.78, 5) is 0. The van der Waals surface area contributed by atoms with Gasteiger partial charge in [0.15, 0.2) is 0 Å². The summed E-state index contributed by atoms with van der Waals surface area (Å²) < 4.78 is 74.9. The van der Waals surface area contributed by atoms with Gasteiger partial charge in [0.25, 0.3) is 0 Å². The van der Waals surface area contributed by atoms with Gasteiger partial charge in [-0.3, -0.25) is 0 Å². The lowest BCUT2D eigenvalue weighted by atomic mass is 10.2. The Hall–Kier alpha value is -0.920. The minimum Gasteiger partial charge on any atom is -0.406 e. The van der Waals surface area contributed by atoms with Crippen molar-refractivity contribution in [3.63, 3.8) is 0 Å². The van der Waals surface area contributed by atoms with Gasteiger partial charge in [0.2, 0.25) is 0 Å². The zero-order valence-electron chi connectivity index (χ0n) is 7.29. The Bertz CT molecular complexity index is 383. The van der Waals surface area contributed by atoms with Crippen molar-refractivity contribution in [2.45, 2.75) is 12.5 Å². The Morgan fingerprint density at radius 1 is 1.00 bits per heavy atom. The van der Waals surface area contributed by atoms with Crippen molar-refractivity contribution in [2.24, 2.45) is 0 Å². The largest absolute Gasteiger partial charge is 0.573 e. The summed E-state index contributed by atoms with van der Waals surface area (Å²) >= 11 is 2.52. The first-order valence-electron chi connectivity index (χ1n) is 3.72. The van der Waals surface area contributed by atoms with Gasteiger partial charge in [-0.05, 0) is 18.2 Å². The predicted molar refractivity (Wildman–Crippen MR) is 45.8 cm³/mol. The van der Waals surface area contributed by atoms with Gasteiger partial charge in [0, 0.05) is 4.47 Å². The molecule has 0 unspecified atom stereocenters. The summed E-state index contributed by atoms with van der Waals surface area (Å²) in [7, 11) is 0. The maximum absolute atomic E-state index is 12.2. The van der Waals surface area contributed by atoms with Gasteiger partial charge >= 0.3 is 12.5 Å². The Morgan fingerprint density at radius 3 is 1.94 bits per heavy atom. The summed E-state index contributed by atoms with van der Waals surface area (Å²) in [5, 5.41) is 0. The van der Waals surface area contributed by atoms with Crippen LogP contribution in [0.4, 0.5) is 26.3 Å². The molecule has 1 nitrogen and oxygen atoms in total. The molecule has 0 saturated heterocycles. The Labute approximate surface area is 94.1 Å². The third kappa shape index (κ3) is 3.58. The third-order valence-corrected chi connectivity index (χ3v) is 2.14. The van der Waals surface area contributed by atoms with E-state index in [4.69, 9.17) is 0 Å². The molecular weight excluding hydrogens is 306 g/mol. The molecule has 0 heterocycles. The highest BCUT2D eigenvalue weighted by atomic mass is 79.9. The molecule has 0 aliphatic heterocycles. The van der Waals surface area contributed by atoms with Gasteiger partial charge in [0.05, 0.1) is 5.56 Å². The Kier molecular flexibility index (Phi) is 3.41. The van der Waals surface area contributed by atoms with E-state index in [0.717, 1.165) is 0 Å². The number of hydrogen-bond donors (Lipinski definition) is 0.